The van der Waals surface area contributed by atoms with E-state index in [4.69, 9.17) is 9.15 Å². The average Bonchev–Trinajstić information content (AvgIpc) is 3.30. The first-order valence-electron chi connectivity index (χ1n) is 10.6. The second kappa shape index (κ2) is 11.0. The summed E-state index contributed by atoms with van der Waals surface area (Å²) in [7, 11) is 1.53. The van der Waals surface area contributed by atoms with E-state index in [1.165, 1.54) is 25.3 Å². The zero-order chi connectivity index (χ0) is 24.7. The van der Waals surface area contributed by atoms with E-state index < -0.39 is 16.7 Å². The van der Waals surface area contributed by atoms with E-state index in [0.717, 1.165) is 0 Å². The minimum absolute atomic E-state index is 0.00131. The molecule has 0 saturated heterocycles. The number of amides is 2. The number of furan rings is 1. The van der Waals surface area contributed by atoms with Gasteiger partial charge in [0.2, 0.25) is 0 Å². The molecule has 9 nitrogen and oxygen atoms in total. The molecule has 0 radical (unpaired) electrons. The molecule has 0 bridgehead atoms. The second-order valence-corrected chi connectivity index (χ2v) is 7.85. The third kappa shape index (κ3) is 6.32. The van der Waals surface area contributed by atoms with E-state index in [1.54, 1.807) is 48.5 Å². The fourth-order valence-corrected chi connectivity index (χ4v) is 2.99. The Morgan fingerprint density at radius 3 is 2.50 bits per heavy atom. The molecule has 3 rings (SSSR count). The lowest BCUT2D eigenvalue weighted by Crippen LogP contribution is -2.36. The highest BCUT2D eigenvalue weighted by Gasteiger charge is 2.17. The van der Waals surface area contributed by atoms with Gasteiger partial charge in [0.15, 0.2) is 0 Å². The van der Waals surface area contributed by atoms with Crippen molar-refractivity contribution in [3.63, 3.8) is 0 Å². The molecule has 0 fully saturated rings. The number of nitro groups is 1. The quantitative estimate of drug-likeness (QED) is 0.275. The molecule has 1 heterocycles. The van der Waals surface area contributed by atoms with Gasteiger partial charge < -0.3 is 19.8 Å². The number of hydrogen-bond donors (Lipinski definition) is 2. The summed E-state index contributed by atoms with van der Waals surface area (Å²) in [6, 6.07) is 15.8. The number of nitrogens with zero attached hydrogens (tertiary/aromatic N) is 1. The number of rotatable bonds is 9. The zero-order valence-electron chi connectivity index (χ0n) is 19.0. The van der Waals surface area contributed by atoms with Gasteiger partial charge in [-0.1, -0.05) is 26.0 Å². The fraction of sp³-hybridized carbons (Fsp3) is 0.200. The Bertz CT molecular complexity index is 1210. The number of ether oxygens (including phenoxy) is 1. The fourth-order valence-electron chi connectivity index (χ4n) is 2.99. The van der Waals surface area contributed by atoms with Gasteiger partial charge in [0.25, 0.3) is 17.5 Å². The molecular weight excluding hydrogens is 438 g/mol. The van der Waals surface area contributed by atoms with Crippen LogP contribution in [0.4, 0.5) is 5.69 Å². The Kier molecular flexibility index (Phi) is 7.81. The summed E-state index contributed by atoms with van der Waals surface area (Å²) in [6.07, 6.45) is 1.41. The molecule has 0 unspecified atom stereocenters. The molecule has 176 valence electrons. The maximum absolute atomic E-state index is 12.8. The van der Waals surface area contributed by atoms with Gasteiger partial charge in [0.1, 0.15) is 23.0 Å². The zero-order valence-corrected chi connectivity index (χ0v) is 19.0. The average molecular weight is 463 g/mol. The van der Waals surface area contributed by atoms with Gasteiger partial charge in [-0.3, -0.25) is 19.7 Å². The van der Waals surface area contributed by atoms with Gasteiger partial charge in [0.05, 0.1) is 12.0 Å². The van der Waals surface area contributed by atoms with Crippen LogP contribution in [-0.4, -0.2) is 30.4 Å². The Morgan fingerprint density at radius 2 is 1.85 bits per heavy atom. The largest absolute Gasteiger partial charge is 0.497 e. The van der Waals surface area contributed by atoms with Crippen LogP contribution >= 0.6 is 0 Å². The number of nitro benzene ring substituents is 1. The van der Waals surface area contributed by atoms with Gasteiger partial charge >= 0.3 is 0 Å². The minimum Gasteiger partial charge on any atom is -0.497 e. The van der Waals surface area contributed by atoms with Crippen LogP contribution in [-0.2, 0) is 4.79 Å². The van der Waals surface area contributed by atoms with Crippen LogP contribution in [0.3, 0.4) is 0 Å². The second-order valence-electron chi connectivity index (χ2n) is 7.85. The summed E-state index contributed by atoms with van der Waals surface area (Å²) < 4.78 is 10.9. The third-order valence-electron chi connectivity index (χ3n) is 4.77. The highest BCUT2D eigenvalue weighted by Crippen LogP contribution is 2.26. The van der Waals surface area contributed by atoms with E-state index in [0.29, 0.717) is 34.9 Å². The molecule has 2 amide bonds. The lowest BCUT2D eigenvalue weighted by molar-refractivity contribution is -0.384. The molecule has 0 aliphatic carbocycles. The SMILES string of the molecule is COc1ccc(C(=O)NC(=Cc2ccc(-c3cccc([N+](=O)[O-])c3)o2)C(=O)NCC(C)C)cc1. The molecule has 0 saturated carbocycles. The van der Waals surface area contributed by atoms with Crippen molar-refractivity contribution in [1.82, 2.24) is 10.6 Å². The first-order valence-corrected chi connectivity index (χ1v) is 10.6. The highest BCUT2D eigenvalue weighted by atomic mass is 16.6. The predicted octanol–water partition coefficient (Wildman–Crippen LogP) is 4.41. The Balaban J connectivity index is 1.87. The van der Waals surface area contributed by atoms with E-state index in [9.17, 15) is 19.7 Å². The molecule has 9 heteroatoms. The van der Waals surface area contributed by atoms with Crippen molar-refractivity contribution in [3.05, 3.63) is 87.8 Å². The van der Waals surface area contributed by atoms with E-state index in [-0.39, 0.29) is 17.3 Å². The Morgan fingerprint density at radius 1 is 1.12 bits per heavy atom. The van der Waals surface area contributed by atoms with E-state index >= 15 is 0 Å². The van der Waals surface area contributed by atoms with Crippen molar-refractivity contribution in [1.29, 1.82) is 0 Å². The smallest absolute Gasteiger partial charge is 0.270 e. The monoisotopic (exact) mass is 463 g/mol. The van der Waals surface area contributed by atoms with Gasteiger partial charge in [-0.15, -0.1) is 0 Å². The van der Waals surface area contributed by atoms with Gasteiger partial charge in [-0.05, 0) is 42.3 Å². The Hall–Kier alpha value is -4.40. The number of carbonyl (C=O) groups excluding carboxylic acids is 2. The summed E-state index contributed by atoms with van der Waals surface area (Å²) in [5.41, 5.74) is 0.801. The van der Waals surface area contributed by atoms with E-state index in [1.807, 2.05) is 13.8 Å². The molecule has 2 N–H and O–H groups in total. The van der Waals surface area contributed by atoms with Crippen molar-refractivity contribution in [2.75, 3.05) is 13.7 Å². The van der Waals surface area contributed by atoms with Crippen LogP contribution < -0.4 is 15.4 Å². The summed E-state index contributed by atoms with van der Waals surface area (Å²) >= 11 is 0. The normalized spacial score (nSPS) is 11.2. The number of hydrogen-bond acceptors (Lipinski definition) is 6. The number of methoxy groups -OCH3 is 1. The molecule has 0 spiro atoms. The van der Waals surface area contributed by atoms with Crippen LogP contribution in [0.25, 0.3) is 17.4 Å². The maximum Gasteiger partial charge on any atom is 0.270 e. The summed E-state index contributed by atoms with van der Waals surface area (Å²) in [5.74, 6) is 0.561. The third-order valence-corrected chi connectivity index (χ3v) is 4.77. The lowest BCUT2D eigenvalue weighted by atomic mass is 10.1. The number of benzene rings is 2. The summed E-state index contributed by atoms with van der Waals surface area (Å²) in [4.78, 5) is 36.1. The maximum atomic E-state index is 12.8. The highest BCUT2D eigenvalue weighted by molar-refractivity contribution is 6.05. The van der Waals surface area contributed by atoms with Gasteiger partial charge in [-0.2, -0.15) is 0 Å². The van der Waals surface area contributed by atoms with Crippen molar-refractivity contribution in [2.45, 2.75) is 13.8 Å². The molecule has 0 aliphatic heterocycles. The molecule has 34 heavy (non-hydrogen) atoms. The summed E-state index contributed by atoms with van der Waals surface area (Å²) in [5, 5.41) is 16.5. The van der Waals surface area contributed by atoms with Crippen molar-refractivity contribution in [2.24, 2.45) is 5.92 Å². The lowest BCUT2D eigenvalue weighted by Gasteiger charge is -2.12. The first kappa shape index (κ1) is 24.2. The van der Waals surface area contributed by atoms with Crippen molar-refractivity contribution in [3.8, 4) is 17.1 Å². The van der Waals surface area contributed by atoms with Crippen LogP contribution in [0.5, 0.6) is 5.75 Å². The van der Waals surface area contributed by atoms with Gasteiger partial charge in [0, 0.05) is 35.9 Å². The van der Waals surface area contributed by atoms with Crippen LogP contribution in [0.1, 0.15) is 30.0 Å². The molecule has 2 aromatic carbocycles. The predicted molar refractivity (Wildman–Crippen MR) is 127 cm³/mol. The van der Waals surface area contributed by atoms with Crippen molar-refractivity contribution >= 4 is 23.6 Å². The van der Waals surface area contributed by atoms with Gasteiger partial charge in [-0.25, -0.2) is 0 Å². The minimum atomic E-state index is -0.487. The number of carbonyl (C=O) groups is 2. The molecule has 3 aromatic rings. The topological polar surface area (TPSA) is 124 Å². The number of nitrogens with one attached hydrogen (secondary N) is 2. The molecular formula is C25H25N3O6. The molecule has 1 aromatic heterocycles. The van der Waals surface area contributed by atoms with Crippen LogP contribution in [0, 0.1) is 16.0 Å². The molecule has 0 atom stereocenters. The van der Waals surface area contributed by atoms with E-state index in [2.05, 4.69) is 10.6 Å². The standard InChI is InChI=1S/C25H25N3O6/c1-16(2)15-26-25(30)22(27-24(29)17-7-9-20(33-3)10-8-17)14-21-11-12-23(34-21)18-5-4-6-19(13-18)28(31)32/h4-14,16H,15H2,1-3H3,(H,26,30)(H,27,29). The number of non-ortho nitro benzene ring substituents is 1. The van der Waals surface area contributed by atoms with Crippen molar-refractivity contribution < 1.29 is 23.7 Å². The first-order chi connectivity index (χ1) is 16.3. The Labute approximate surface area is 196 Å². The summed E-state index contributed by atoms with van der Waals surface area (Å²) in [6.45, 7) is 4.33. The van der Waals surface area contributed by atoms with Crippen LogP contribution in [0.2, 0.25) is 0 Å². The molecule has 0 aliphatic rings. The van der Waals surface area contributed by atoms with Crippen LogP contribution in [0.15, 0.2) is 70.8 Å².